The standard InChI is InChI=1S/C15H8BrN3O3/c16-10-4-5-11-13-8(10)2-1-3-9(13)14(21)19(11)18-7-6-12(20)17-15(18)22/h1-7H,(H,17,20,22). The summed E-state index contributed by atoms with van der Waals surface area (Å²) in [7, 11) is 0. The number of aromatic amines is 1. The van der Waals surface area contributed by atoms with Gasteiger partial charge in [-0.2, -0.15) is 0 Å². The molecule has 0 spiro atoms. The van der Waals surface area contributed by atoms with Crippen molar-refractivity contribution in [2.24, 2.45) is 0 Å². The second-order valence-corrected chi connectivity index (χ2v) is 5.72. The Morgan fingerprint density at radius 1 is 1.00 bits per heavy atom. The van der Waals surface area contributed by atoms with Crippen molar-refractivity contribution in [2.75, 3.05) is 5.01 Å². The number of carbonyl (C=O) groups is 1. The third-order valence-electron chi connectivity index (χ3n) is 3.64. The molecule has 0 radical (unpaired) electrons. The molecule has 1 amide bonds. The van der Waals surface area contributed by atoms with Crippen LogP contribution in [0.25, 0.3) is 10.8 Å². The SMILES string of the molecule is O=C1c2cccc3c(Br)ccc(c23)N1n1ccc(=O)[nH]c1=O. The molecule has 2 heterocycles. The Labute approximate surface area is 131 Å². The fourth-order valence-corrected chi connectivity index (χ4v) is 3.18. The zero-order chi connectivity index (χ0) is 15.4. The van der Waals surface area contributed by atoms with Crippen molar-refractivity contribution in [2.45, 2.75) is 0 Å². The number of nitrogens with one attached hydrogen (secondary N) is 1. The molecular formula is C15H8BrN3O3. The van der Waals surface area contributed by atoms with Gasteiger partial charge < -0.3 is 0 Å². The largest absolute Gasteiger partial charge is 0.347 e. The van der Waals surface area contributed by atoms with E-state index in [1.165, 1.54) is 17.3 Å². The van der Waals surface area contributed by atoms with Crippen molar-refractivity contribution in [3.8, 4) is 0 Å². The summed E-state index contributed by atoms with van der Waals surface area (Å²) in [5.41, 5.74) is -0.0454. The molecule has 1 aliphatic rings. The van der Waals surface area contributed by atoms with Crippen molar-refractivity contribution < 1.29 is 4.79 Å². The van der Waals surface area contributed by atoms with E-state index in [-0.39, 0.29) is 5.91 Å². The first-order valence-corrected chi connectivity index (χ1v) is 7.25. The van der Waals surface area contributed by atoms with Crippen LogP contribution in [0.15, 0.2) is 56.7 Å². The molecule has 22 heavy (non-hydrogen) atoms. The van der Waals surface area contributed by atoms with Gasteiger partial charge in [0.15, 0.2) is 0 Å². The van der Waals surface area contributed by atoms with Gasteiger partial charge in [-0.25, -0.2) is 14.5 Å². The first-order chi connectivity index (χ1) is 10.6. The number of halogens is 1. The van der Waals surface area contributed by atoms with Crippen LogP contribution in [0.2, 0.25) is 0 Å². The van der Waals surface area contributed by atoms with Crippen LogP contribution < -0.4 is 16.3 Å². The van der Waals surface area contributed by atoms with Crippen LogP contribution >= 0.6 is 15.9 Å². The summed E-state index contributed by atoms with van der Waals surface area (Å²) in [6.45, 7) is 0. The number of hydrogen-bond acceptors (Lipinski definition) is 3. The van der Waals surface area contributed by atoms with Crippen molar-refractivity contribution in [1.82, 2.24) is 9.66 Å². The number of H-pyrrole nitrogens is 1. The molecule has 0 fully saturated rings. The molecule has 3 aromatic rings. The van der Waals surface area contributed by atoms with Crippen LogP contribution in [0, 0.1) is 0 Å². The van der Waals surface area contributed by atoms with E-state index in [1.54, 1.807) is 18.2 Å². The Balaban J connectivity index is 2.07. The van der Waals surface area contributed by atoms with Gasteiger partial charge in [0.05, 0.1) is 11.3 Å². The van der Waals surface area contributed by atoms with Gasteiger partial charge in [-0.05, 0) is 23.6 Å². The molecule has 1 N–H and O–H groups in total. The Hall–Kier alpha value is -2.67. The molecule has 4 rings (SSSR count). The summed E-state index contributed by atoms with van der Waals surface area (Å²) in [4.78, 5) is 38.1. The van der Waals surface area contributed by atoms with E-state index in [9.17, 15) is 14.4 Å². The highest BCUT2D eigenvalue weighted by atomic mass is 79.9. The Morgan fingerprint density at radius 2 is 1.82 bits per heavy atom. The van der Waals surface area contributed by atoms with E-state index in [4.69, 9.17) is 0 Å². The summed E-state index contributed by atoms with van der Waals surface area (Å²) >= 11 is 3.47. The van der Waals surface area contributed by atoms with Gasteiger partial charge >= 0.3 is 5.69 Å². The number of rotatable bonds is 1. The van der Waals surface area contributed by atoms with Crippen molar-refractivity contribution in [1.29, 1.82) is 0 Å². The lowest BCUT2D eigenvalue weighted by molar-refractivity contribution is 0.0981. The fourth-order valence-electron chi connectivity index (χ4n) is 2.71. The van der Waals surface area contributed by atoms with Crippen LogP contribution in [0.3, 0.4) is 0 Å². The molecule has 1 aliphatic heterocycles. The van der Waals surface area contributed by atoms with Gasteiger partial charge in [0.1, 0.15) is 0 Å². The minimum atomic E-state index is -0.662. The Bertz CT molecular complexity index is 1070. The second-order valence-electron chi connectivity index (χ2n) is 4.87. The minimum absolute atomic E-state index is 0.312. The minimum Gasteiger partial charge on any atom is -0.273 e. The summed E-state index contributed by atoms with van der Waals surface area (Å²) in [6, 6.07) is 10.2. The lowest BCUT2D eigenvalue weighted by Gasteiger charge is -2.19. The predicted octanol–water partition coefficient (Wildman–Crippen LogP) is 1.88. The zero-order valence-corrected chi connectivity index (χ0v) is 12.6. The van der Waals surface area contributed by atoms with Gasteiger partial charge in [-0.1, -0.05) is 28.1 Å². The first kappa shape index (κ1) is 13.0. The van der Waals surface area contributed by atoms with Gasteiger partial charge in [0, 0.05) is 22.1 Å². The van der Waals surface area contributed by atoms with Crippen LogP contribution in [0.1, 0.15) is 10.4 Å². The molecule has 0 unspecified atom stereocenters. The molecular weight excluding hydrogens is 350 g/mol. The highest BCUT2D eigenvalue weighted by molar-refractivity contribution is 9.10. The second kappa shape index (κ2) is 4.41. The van der Waals surface area contributed by atoms with Crippen molar-refractivity contribution in [3.05, 3.63) is 73.5 Å². The molecule has 0 saturated carbocycles. The number of nitrogens with zero attached hydrogens (tertiary/aromatic N) is 2. The number of anilines is 1. The number of hydrogen-bond donors (Lipinski definition) is 1. The number of benzene rings is 2. The van der Waals surface area contributed by atoms with Crippen molar-refractivity contribution >= 4 is 38.3 Å². The van der Waals surface area contributed by atoms with E-state index < -0.39 is 11.2 Å². The quantitative estimate of drug-likeness (QED) is 0.722. The molecule has 6 nitrogen and oxygen atoms in total. The van der Waals surface area contributed by atoms with Gasteiger partial charge in [-0.3, -0.25) is 14.6 Å². The monoisotopic (exact) mass is 357 g/mol. The smallest absolute Gasteiger partial charge is 0.273 e. The third kappa shape index (κ3) is 1.62. The summed E-state index contributed by atoms with van der Waals surface area (Å²) < 4.78 is 1.98. The van der Waals surface area contributed by atoms with Crippen molar-refractivity contribution in [3.63, 3.8) is 0 Å². The average Bonchev–Trinajstić information content (AvgIpc) is 2.78. The van der Waals surface area contributed by atoms with E-state index in [0.29, 0.717) is 11.3 Å². The number of carbonyl (C=O) groups excluding carboxylic acids is 1. The molecule has 1 aromatic heterocycles. The third-order valence-corrected chi connectivity index (χ3v) is 4.33. The lowest BCUT2D eigenvalue weighted by atomic mass is 10.1. The van der Waals surface area contributed by atoms with Gasteiger partial charge in [0.2, 0.25) is 0 Å². The number of aromatic nitrogens is 2. The molecule has 0 aliphatic carbocycles. The van der Waals surface area contributed by atoms with Crippen LogP contribution in [-0.2, 0) is 0 Å². The Morgan fingerprint density at radius 3 is 2.59 bits per heavy atom. The highest BCUT2D eigenvalue weighted by Crippen LogP contribution is 2.40. The van der Waals surface area contributed by atoms with Gasteiger partial charge in [0.25, 0.3) is 11.5 Å². The van der Waals surface area contributed by atoms with Gasteiger partial charge in [-0.15, -0.1) is 0 Å². The lowest BCUT2D eigenvalue weighted by Crippen LogP contribution is -2.43. The maximum absolute atomic E-state index is 12.7. The maximum Gasteiger partial charge on any atom is 0.347 e. The summed E-state index contributed by atoms with van der Waals surface area (Å²) in [5.74, 6) is -0.312. The van der Waals surface area contributed by atoms with Crippen LogP contribution in [0.4, 0.5) is 5.69 Å². The Kier molecular flexibility index (Phi) is 2.61. The summed E-state index contributed by atoms with van der Waals surface area (Å²) in [6.07, 6.45) is 1.29. The topological polar surface area (TPSA) is 75.2 Å². The van der Waals surface area contributed by atoms with E-state index in [0.717, 1.165) is 19.9 Å². The molecule has 0 atom stereocenters. The molecule has 108 valence electrons. The van der Waals surface area contributed by atoms with E-state index >= 15 is 0 Å². The molecule has 7 heteroatoms. The molecule has 0 saturated heterocycles. The zero-order valence-electron chi connectivity index (χ0n) is 11.0. The highest BCUT2D eigenvalue weighted by Gasteiger charge is 2.32. The predicted molar refractivity (Wildman–Crippen MR) is 85.2 cm³/mol. The van der Waals surface area contributed by atoms with Crippen LogP contribution in [-0.4, -0.2) is 15.6 Å². The molecule has 2 aromatic carbocycles. The van der Waals surface area contributed by atoms with E-state index in [2.05, 4.69) is 20.9 Å². The normalized spacial score (nSPS) is 13.1. The van der Waals surface area contributed by atoms with Crippen LogP contribution in [0.5, 0.6) is 0 Å². The first-order valence-electron chi connectivity index (χ1n) is 6.46. The molecule has 0 bridgehead atoms. The maximum atomic E-state index is 12.7. The number of amides is 1. The summed E-state index contributed by atoms with van der Waals surface area (Å²) in [5, 5.41) is 2.94. The fraction of sp³-hybridized carbons (Fsp3) is 0. The van der Waals surface area contributed by atoms with E-state index in [1.807, 2.05) is 12.1 Å². The average molecular weight is 358 g/mol.